The Balaban J connectivity index is 2.45. The lowest BCUT2D eigenvalue weighted by Crippen LogP contribution is -2.01. The molecule has 0 spiro atoms. The number of aromatic nitrogens is 1. The molecule has 0 atom stereocenters. The molecule has 4 heteroatoms. The van der Waals surface area contributed by atoms with Gasteiger partial charge in [0.05, 0.1) is 10.5 Å². The van der Waals surface area contributed by atoms with Crippen LogP contribution in [0.3, 0.4) is 0 Å². The third-order valence-electron chi connectivity index (χ3n) is 2.41. The van der Waals surface area contributed by atoms with E-state index < -0.39 is 0 Å². The smallest absolute Gasteiger partial charge is 0.0892 e. The third-order valence-corrected chi connectivity index (χ3v) is 2.91. The SMILES string of the molecule is NCCCc1ccc2cc(Cl)cc(Cl)c2n1. The van der Waals surface area contributed by atoms with E-state index in [4.69, 9.17) is 28.9 Å². The molecule has 2 N–H and O–H groups in total. The largest absolute Gasteiger partial charge is 0.330 e. The molecule has 0 fully saturated rings. The summed E-state index contributed by atoms with van der Waals surface area (Å²) in [5, 5.41) is 2.19. The molecule has 0 aliphatic heterocycles. The van der Waals surface area contributed by atoms with Gasteiger partial charge in [-0.15, -0.1) is 0 Å². The molecule has 2 aromatic rings. The maximum atomic E-state index is 6.10. The van der Waals surface area contributed by atoms with Crippen LogP contribution in [0, 0.1) is 0 Å². The van der Waals surface area contributed by atoms with E-state index in [0.29, 0.717) is 16.6 Å². The number of benzene rings is 1. The Hall–Kier alpha value is -0.830. The highest BCUT2D eigenvalue weighted by atomic mass is 35.5. The van der Waals surface area contributed by atoms with Crippen molar-refractivity contribution in [3.8, 4) is 0 Å². The number of halogens is 2. The van der Waals surface area contributed by atoms with Crippen LogP contribution >= 0.6 is 23.2 Å². The Morgan fingerprint density at radius 1 is 1.19 bits per heavy atom. The molecule has 0 bridgehead atoms. The predicted molar refractivity (Wildman–Crippen MR) is 69.1 cm³/mol. The average Bonchev–Trinajstić information content (AvgIpc) is 2.26. The Bertz CT molecular complexity index is 512. The van der Waals surface area contributed by atoms with Crippen molar-refractivity contribution in [3.05, 3.63) is 40.0 Å². The lowest BCUT2D eigenvalue weighted by atomic mass is 10.1. The second kappa shape index (κ2) is 5.00. The molecule has 0 aliphatic carbocycles. The van der Waals surface area contributed by atoms with E-state index in [9.17, 15) is 0 Å². The molecular weight excluding hydrogens is 243 g/mol. The summed E-state index contributed by atoms with van der Waals surface area (Å²) in [6.45, 7) is 0.675. The molecule has 84 valence electrons. The summed E-state index contributed by atoms with van der Waals surface area (Å²) in [6, 6.07) is 7.56. The summed E-state index contributed by atoms with van der Waals surface area (Å²) in [7, 11) is 0. The Morgan fingerprint density at radius 3 is 2.75 bits per heavy atom. The number of hydrogen-bond acceptors (Lipinski definition) is 2. The average molecular weight is 255 g/mol. The molecule has 1 aromatic carbocycles. The summed E-state index contributed by atoms with van der Waals surface area (Å²) >= 11 is 12.0. The van der Waals surface area contributed by atoms with Crippen LogP contribution in [0.1, 0.15) is 12.1 Å². The predicted octanol–water partition coefficient (Wildman–Crippen LogP) is 3.43. The minimum Gasteiger partial charge on any atom is -0.330 e. The molecule has 0 amide bonds. The van der Waals surface area contributed by atoms with Gasteiger partial charge in [0.25, 0.3) is 0 Å². The van der Waals surface area contributed by atoms with Crippen molar-refractivity contribution in [2.75, 3.05) is 6.54 Å². The molecular formula is C12H12Cl2N2. The minimum absolute atomic E-state index is 0.595. The van der Waals surface area contributed by atoms with Crippen LogP contribution in [0.25, 0.3) is 10.9 Å². The van der Waals surface area contributed by atoms with Gasteiger partial charge in [0.15, 0.2) is 0 Å². The lowest BCUT2D eigenvalue weighted by molar-refractivity contribution is 0.814. The van der Waals surface area contributed by atoms with Crippen molar-refractivity contribution >= 4 is 34.1 Å². The zero-order chi connectivity index (χ0) is 11.5. The normalized spacial score (nSPS) is 10.9. The monoisotopic (exact) mass is 254 g/mol. The number of hydrogen-bond donors (Lipinski definition) is 1. The van der Waals surface area contributed by atoms with Gasteiger partial charge in [-0.2, -0.15) is 0 Å². The van der Waals surface area contributed by atoms with Crippen LogP contribution in [0.15, 0.2) is 24.3 Å². The summed E-state index contributed by atoms with van der Waals surface area (Å²) in [6.07, 6.45) is 1.81. The lowest BCUT2D eigenvalue weighted by Gasteiger charge is -2.04. The molecule has 1 heterocycles. The summed E-state index contributed by atoms with van der Waals surface area (Å²) < 4.78 is 0. The summed E-state index contributed by atoms with van der Waals surface area (Å²) in [5.74, 6) is 0. The van der Waals surface area contributed by atoms with E-state index in [1.807, 2.05) is 18.2 Å². The molecule has 1 aromatic heterocycles. The van der Waals surface area contributed by atoms with Gasteiger partial charge in [0.1, 0.15) is 0 Å². The zero-order valence-electron chi connectivity index (χ0n) is 8.71. The first kappa shape index (κ1) is 11.6. The van der Waals surface area contributed by atoms with Crippen molar-refractivity contribution in [2.24, 2.45) is 5.73 Å². The Labute approximate surface area is 104 Å². The van der Waals surface area contributed by atoms with Crippen LogP contribution in [0.4, 0.5) is 0 Å². The van der Waals surface area contributed by atoms with Crippen LogP contribution < -0.4 is 5.73 Å². The van der Waals surface area contributed by atoms with Gasteiger partial charge in [0, 0.05) is 16.1 Å². The zero-order valence-corrected chi connectivity index (χ0v) is 10.2. The molecule has 2 rings (SSSR count). The van der Waals surface area contributed by atoms with Crippen molar-refractivity contribution in [1.82, 2.24) is 4.98 Å². The number of fused-ring (bicyclic) bond motifs is 1. The standard InChI is InChI=1S/C12H12Cl2N2/c13-9-6-8-3-4-10(2-1-5-15)16-12(8)11(14)7-9/h3-4,6-7H,1-2,5,15H2. The van der Waals surface area contributed by atoms with Crippen molar-refractivity contribution in [1.29, 1.82) is 0 Å². The molecule has 0 aliphatic rings. The maximum absolute atomic E-state index is 6.10. The fourth-order valence-corrected chi connectivity index (χ4v) is 2.17. The summed E-state index contributed by atoms with van der Waals surface area (Å²) in [5.41, 5.74) is 7.29. The van der Waals surface area contributed by atoms with Gasteiger partial charge < -0.3 is 5.73 Å². The minimum atomic E-state index is 0.595. The molecule has 0 saturated carbocycles. The highest BCUT2D eigenvalue weighted by molar-refractivity contribution is 6.38. The highest BCUT2D eigenvalue weighted by Crippen LogP contribution is 2.26. The van der Waals surface area contributed by atoms with Crippen LogP contribution in [-0.2, 0) is 6.42 Å². The first-order valence-electron chi connectivity index (χ1n) is 5.15. The van der Waals surface area contributed by atoms with Gasteiger partial charge in [-0.1, -0.05) is 29.3 Å². The first-order valence-corrected chi connectivity index (χ1v) is 5.91. The Morgan fingerprint density at radius 2 is 2.00 bits per heavy atom. The van der Waals surface area contributed by atoms with E-state index in [1.165, 1.54) is 0 Å². The number of pyridine rings is 1. The highest BCUT2D eigenvalue weighted by Gasteiger charge is 2.04. The first-order chi connectivity index (χ1) is 7.70. The Kier molecular flexibility index (Phi) is 3.64. The van der Waals surface area contributed by atoms with Crippen molar-refractivity contribution < 1.29 is 0 Å². The second-order valence-electron chi connectivity index (χ2n) is 3.65. The van der Waals surface area contributed by atoms with E-state index in [1.54, 1.807) is 6.07 Å². The number of nitrogens with two attached hydrogens (primary N) is 1. The molecule has 2 nitrogen and oxygen atoms in total. The second-order valence-corrected chi connectivity index (χ2v) is 4.50. The molecule has 0 radical (unpaired) electrons. The topological polar surface area (TPSA) is 38.9 Å². The van der Waals surface area contributed by atoms with Gasteiger partial charge >= 0.3 is 0 Å². The van der Waals surface area contributed by atoms with E-state index in [-0.39, 0.29) is 0 Å². The number of aryl methyl sites for hydroxylation is 1. The van der Waals surface area contributed by atoms with Crippen LogP contribution in [-0.4, -0.2) is 11.5 Å². The molecule has 0 unspecified atom stereocenters. The third kappa shape index (κ3) is 2.46. The summed E-state index contributed by atoms with van der Waals surface area (Å²) in [4.78, 5) is 4.51. The van der Waals surface area contributed by atoms with Gasteiger partial charge in [-0.25, -0.2) is 0 Å². The van der Waals surface area contributed by atoms with Crippen LogP contribution in [0.2, 0.25) is 10.0 Å². The molecule has 16 heavy (non-hydrogen) atoms. The van der Waals surface area contributed by atoms with Crippen molar-refractivity contribution in [2.45, 2.75) is 12.8 Å². The van der Waals surface area contributed by atoms with Crippen LogP contribution in [0.5, 0.6) is 0 Å². The van der Waals surface area contributed by atoms with Gasteiger partial charge in [-0.3, -0.25) is 4.98 Å². The fourth-order valence-electron chi connectivity index (χ4n) is 1.62. The molecule has 0 saturated heterocycles. The van der Waals surface area contributed by atoms with E-state index >= 15 is 0 Å². The maximum Gasteiger partial charge on any atom is 0.0892 e. The van der Waals surface area contributed by atoms with E-state index in [2.05, 4.69) is 4.98 Å². The number of rotatable bonds is 3. The fraction of sp³-hybridized carbons (Fsp3) is 0.250. The number of nitrogens with zero attached hydrogens (tertiary/aromatic N) is 1. The van der Waals surface area contributed by atoms with Gasteiger partial charge in [0.2, 0.25) is 0 Å². The van der Waals surface area contributed by atoms with E-state index in [0.717, 1.165) is 29.4 Å². The van der Waals surface area contributed by atoms with Gasteiger partial charge in [-0.05, 0) is 37.6 Å². The van der Waals surface area contributed by atoms with Crippen molar-refractivity contribution in [3.63, 3.8) is 0 Å². The quantitative estimate of drug-likeness (QED) is 0.912.